The van der Waals surface area contributed by atoms with Crippen molar-refractivity contribution in [2.24, 2.45) is 23.2 Å². The van der Waals surface area contributed by atoms with E-state index in [1.54, 1.807) is 9.80 Å². The van der Waals surface area contributed by atoms with Crippen LogP contribution in [0.4, 0.5) is 0 Å². The Kier molecular flexibility index (Phi) is 6.47. The van der Waals surface area contributed by atoms with Crippen LogP contribution in [0.3, 0.4) is 0 Å². The van der Waals surface area contributed by atoms with Crippen molar-refractivity contribution in [3.05, 3.63) is 35.9 Å². The van der Waals surface area contributed by atoms with Crippen molar-refractivity contribution in [3.8, 4) is 0 Å². The van der Waals surface area contributed by atoms with Crippen LogP contribution in [0, 0.1) is 23.2 Å². The van der Waals surface area contributed by atoms with Crippen molar-refractivity contribution in [1.29, 1.82) is 0 Å². The summed E-state index contributed by atoms with van der Waals surface area (Å²) in [7, 11) is 0. The maximum absolute atomic E-state index is 10.5. The summed E-state index contributed by atoms with van der Waals surface area (Å²) in [4.78, 5) is 3.22. The number of rotatable bonds is 9. The van der Waals surface area contributed by atoms with Crippen molar-refractivity contribution in [1.82, 2.24) is 0 Å². The number of piperazine rings is 1. The Balaban J connectivity index is 0.972. The standard InChI is InChI=1S/C26H40N2O2/c29-25(19-28-9-7-27(8-10-28)18-21-4-2-1-3-5-21)20-30-11-6-26-15-22-12-23(16-26)14-24(13-22)17-26/h1-5,22-25,29H,6-20H2/p+2/t22?,23?,24?,25-,26?/m0/s1. The summed E-state index contributed by atoms with van der Waals surface area (Å²) in [5.41, 5.74) is 2.03. The Labute approximate surface area is 182 Å². The van der Waals surface area contributed by atoms with E-state index in [1.807, 2.05) is 0 Å². The molecule has 0 aromatic heterocycles. The normalized spacial score (nSPS) is 38.6. The number of quaternary nitrogens is 2. The average Bonchev–Trinajstić information content (AvgIpc) is 2.73. The molecule has 0 amide bonds. The molecule has 4 aliphatic carbocycles. The lowest BCUT2D eigenvalue weighted by molar-refractivity contribution is -1.02. The lowest BCUT2D eigenvalue weighted by Gasteiger charge is -2.57. The van der Waals surface area contributed by atoms with Gasteiger partial charge in [-0.15, -0.1) is 0 Å². The fourth-order valence-electron chi connectivity index (χ4n) is 7.72. The molecule has 1 aromatic carbocycles. The highest BCUT2D eigenvalue weighted by Gasteiger charge is 2.50. The second-order valence-electron chi connectivity index (χ2n) is 11.3. The SMILES string of the molecule is O[C@H](COCCC12CC3CC(CC(C3)C1)C2)C[NH+]1CC[NH+](Cc2ccccc2)CC1. The Bertz CT molecular complexity index is 636. The molecule has 5 fully saturated rings. The molecule has 1 aromatic rings. The van der Waals surface area contributed by atoms with E-state index in [4.69, 9.17) is 4.74 Å². The smallest absolute Gasteiger partial charge is 0.127 e. The summed E-state index contributed by atoms with van der Waals surface area (Å²) < 4.78 is 6.01. The van der Waals surface area contributed by atoms with E-state index in [-0.39, 0.29) is 6.10 Å². The third kappa shape index (κ3) is 5.09. The molecule has 4 saturated carbocycles. The molecule has 6 rings (SSSR count). The van der Waals surface area contributed by atoms with Crippen LogP contribution in [0.15, 0.2) is 30.3 Å². The van der Waals surface area contributed by atoms with Crippen LogP contribution in [0.2, 0.25) is 0 Å². The van der Waals surface area contributed by atoms with E-state index in [2.05, 4.69) is 30.3 Å². The quantitative estimate of drug-likeness (QED) is 0.527. The molecular formula is C26H42N2O2+2. The van der Waals surface area contributed by atoms with Crippen LogP contribution in [-0.2, 0) is 11.3 Å². The van der Waals surface area contributed by atoms with E-state index >= 15 is 0 Å². The number of aliphatic hydroxyl groups is 1. The molecule has 4 bridgehead atoms. The maximum atomic E-state index is 10.5. The molecule has 5 aliphatic rings. The predicted molar refractivity (Wildman–Crippen MR) is 118 cm³/mol. The number of aliphatic hydroxyl groups excluding tert-OH is 1. The number of ether oxygens (including phenoxy) is 1. The first-order chi connectivity index (χ1) is 14.7. The largest absolute Gasteiger partial charge is 0.385 e. The van der Waals surface area contributed by atoms with Crippen molar-refractivity contribution in [2.45, 2.75) is 57.6 Å². The Morgan fingerprint density at radius 2 is 1.50 bits per heavy atom. The van der Waals surface area contributed by atoms with E-state index in [9.17, 15) is 5.11 Å². The van der Waals surface area contributed by atoms with Gasteiger partial charge < -0.3 is 19.6 Å². The van der Waals surface area contributed by atoms with E-state index in [0.29, 0.717) is 12.0 Å². The molecule has 4 heteroatoms. The van der Waals surface area contributed by atoms with E-state index in [0.717, 1.165) is 50.5 Å². The maximum Gasteiger partial charge on any atom is 0.127 e. The lowest BCUT2D eigenvalue weighted by Crippen LogP contribution is -3.28. The van der Waals surface area contributed by atoms with Gasteiger partial charge in [0.25, 0.3) is 0 Å². The molecule has 4 nitrogen and oxygen atoms in total. The molecule has 0 spiro atoms. The minimum Gasteiger partial charge on any atom is -0.385 e. The van der Waals surface area contributed by atoms with Gasteiger partial charge in [-0.2, -0.15) is 0 Å². The number of hydrogen-bond acceptors (Lipinski definition) is 2. The molecule has 0 radical (unpaired) electrons. The van der Waals surface area contributed by atoms with Gasteiger partial charge in [-0.05, 0) is 68.1 Å². The summed E-state index contributed by atoms with van der Waals surface area (Å²) in [5.74, 6) is 3.06. The summed E-state index contributed by atoms with van der Waals surface area (Å²) in [5, 5.41) is 10.5. The summed E-state index contributed by atoms with van der Waals surface area (Å²) in [6.07, 6.45) is 9.86. The van der Waals surface area contributed by atoms with Gasteiger partial charge in [0.1, 0.15) is 45.4 Å². The van der Waals surface area contributed by atoms with E-state index in [1.165, 1.54) is 63.6 Å². The third-order valence-corrected chi connectivity index (χ3v) is 8.74. The van der Waals surface area contributed by atoms with Crippen LogP contribution in [0.1, 0.15) is 50.5 Å². The molecule has 0 unspecified atom stereocenters. The molecule has 1 atom stereocenters. The zero-order valence-electron chi connectivity index (χ0n) is 18.7. The second kappa shape index (κ2) is 9.28. The van der Waals surface area contributed by atoms with Gasteiger partial charge in [0.05, 0.1) is 6.61 Å². The summed E-state index contributed by atoms with van der Waals surface area (Å²) in [6.45, 7) is 8.07. The Morgan fingerprint density at radius 3 is 2.13 bits per heavy atom. The van der Waals surface area contributed by atoms with Crippen molar-refractivity contribution in [2.75, 3.05) is 45.9 Å². The highest BCUT2D eigenvalue weighted by Crippen LogP contribution is 2.61. The first-order valence-electron chi connectivity index (χ1n) is 12.6. The zero-order chi connectivity index (χ0) is 20.4. The highest BCUT2D eigenvalue weighted by molar-refractivity contribution is 5.13. The van der Waals surface area contributed by atoms with Crippen LogP contribution in [0.25, 0.3) is 0 Å². The highest BCUT2D eigenvalue weighted by atomic mass is 16.5. The summed E-state index contributed by atoms with van der Waals surface area (Å²) in [6, 6.07) is 10.8. The topological polar surface area (TPSA) is 38.3 Å². The molecule has 1 saturated heterocycles. The lowest BCUT2D eigenvalue weighted by atomic mass is 9.49. The van der Waals surface area contributed by atoms with Gasteiger partial charge >= 0.3 is 0 Å². The number of nitrogens with one attached hydrogen (secondary N) is 2. The summed E-state index contributed by atoms with van der Waals surface area (Å²) >= 11 is 0. The van der Waals surface area contributed by atoms with Crippen LogP contribution in [-0.4, -0.2) is 57.1 Å². The van der Waals surface area contributed by atoms with Crippen LogP contribution >= 0.6 is 0 Å². The van der Waals surface area contributed by atoms with Gasteiger partial charge in [-0.3, -0.25) is 0 Å². The monoisotopic (exact) mass is 414 g/mol. The molecular weight excluding hydrogens is 372 g/mol. The molecule has 3 N–H and O–H groups in total. The third-order valence-electron chi connectivity index (χ3n) is 8.74. The van der Waals surface area contributed by atoms with Crippen LogP contribution < -0.4 is 9.80 Å². The Morgan fingerprint density at radius 1 is 0.900 bits per heavy atom. The van der Waals surface area contributed by atoms with Gasteiger partial charge in [0, 0.05) is 12.2 Å². The molecule has 1 heterocycles. The molecule has 166 valence electrons. The van der Waals surface area contributed by atoms with Crippen molar-refractivity contribution >= 4 is 0 Å². The van der Waals surface area contributed by atoms with Crippen molar-refractivity contribution in [3.63, 3.8) is 0 Å². The molecule has 30 heavy (non-hydrogen) atoms. The Hall–Kier alpha value is -0.940. The fourth-order valence-corrected chi connectivity index (χ4v) is 7.72. The minimum atomic E-state index is -0.313. The van der Waals surface area contributed by atoms with Crippen LogP contribution in [0.5, 0.6) is 0 Å². The first-order valence-corrected chi connectivity index (χ1v) is 12.6. The predicted octanol–water partition coefficient (Wildman–Crippen LogP) is 0.954. The van der Waals surface area contributed by atoms with Gasteiger partial charge in [0.15, 0.2) is 0 Å². The first kappa shape index (κ1) is 20.9. The van der Waals surface area contributed by atoms with E-state index < -0.39 is 0 Å². The van der Waals surface area contributed by atoms with Gasteiger partial charge in [0.2, 0.25) is 0 Å². The zero-order valence-corrected chi connectivity index (χ0v) is 18.7. The van der Waals surface area contributed by atoms with Crippen molar-refractivity contribution < 1.29 is 19.6 Å². The van der Waals surface area contributed by atoms with Gasteiger partial charge in [-0.1, -0.05) is 30.3 Å². The minimum absolute atomic E-state index is 0.313. The number of hydrogen-bond donors (Lipinski definition) is 3. The average molecular weight is 415 g/mol. The molecule has 1 aliphatic heterocycles. The fraction of sp³-hybridized carbons (Fsp3) is 0.769. The van der Waals surface area contributed by atoms with Gasteiger partial charge in [-0.25, -0.2) is 0 Å². The second-order valence-corrected chi connectivity index (χ2v) is 11.3. The number of benzene rings is 1.